The molecule has 1 rings (SSSR count). The molecule has 0 aromatic carbocycles. The van der Waals surface area contributed by atoms with Crippen LogP contribution in [-0.2, 0) is 4.74 Å². The van der Waals surface area contributed by atoms with Crippen LogP contribution in [0.5, 0.6) is 0 Å². The Morgan fingerprint density at radius 2 is 1.95 bits per heavy atom. The van der Waals surface area contributed by atoms with Crippen molar-refractivity contribution in [3.05, 3.63) is 0 Å². The Bertz CT molecular complexity index is 313. The van der Waals surface area contributed by atoms with Crippen LogP contribution in [0.15, 0.2) is 0 Å². The third kappa shape index (κ3) is 8.27. The first-order valence-electron chi connectivity index (χ1n) is 8.22. The molecule has 0 aromatic rings. The van der Waals surface area contributed by atoms with Gasteiger partial charge in [0.25, 0.3) is 0 Å². The molecular weight excluding hydrogens is 266 g/mol. The molecule has 5 heteroatoms. The van der Waals surface area contributed by atoms with Gasteiger partial charge in [-0.05, 0) is 67.0 Å². The van der Waals surface area contributed by atoms with Gasteiger partial charge in [0.15, 0.2) is 0 Å². The molecule has 0 bridgehead atoms. The average Bonchev–Trinajstić information content (AvgIpc) is 2.58. The molecule has 0 aliphatic carbocycles. The van der Waals surface area contributed by atoms with Gasteiger partial charge in [0, 0.05) is 25.2 Å². The fourth-order valence-corrected chi connectivity index (χ4v) is 2.59. The number of rotatable bonds is 5. The first-order valence-corrected chi connectivity index (χ1v) is 8.22. The van der Waals surface area contributed by atoms with Crippen molar-refractivity contribution >= 4 is 6.09 Å². The lowest BCUT2D eigenvalue weighted by atomic mass is 10.1. The average molecular weight is 299 g/mol. The molecule has 0 saturated carbocycles. The molecule has 1 fully saturated rings. The molecule has 0 radical (unpaired) electrons. The number of amides is 1. The van der Waals surface area contributed by atoms with E-state index in [0.29, 0.717) is 18.6 Å². The second-order valence-corrected chi connectivity index (χ2v) is 7.14. The predicted octanol–water partition coefficient (Wildman–Crippen LogP) is 2.36. The number of nitrogens with one attached hydrogen (secondary N) is 2. The van der Waals surface area contributed by atoms with Crippen molar-refractivity contribution in [2.45, 2.75) is 71.6 Å². The summed E-state index contributed by atoms with van der Waals surface area (Å²) >= 11 is 0. The molecule has 1 aliphatic rings. The van der Waals surface area contributed by atoms with Crippen molar-refractivity contribution in [1.82, 2.24) is 15.5 Å². The van der Waals surface area contributed by atoms with E-state index < -0.39 is 5.60 Å². The minimum atomic E-state index is -0.431. The molecule has 1 unspecified atom stereocenters. The Hall–Kier alpha value is -0.810. The van der Waals surface area contributed by atoms with Crippen LogP contribution in [0.2, 0.25) is 0 Å². The highest BCUT2D eigenvalue weighted by Gasteiger charge is 2.18. The monoisotopic (exact) mass is 299 g/mol. The second kappa shape index (κ2) is 8.59. The highest BCUT2D eigenvalue weighted by atomic mass is 16.6. The van der Waals surface area contributed by atoms with E-state index in [9.17, 15) is 4.79 Å². The van der Waals surface area contributed by atoms with Crippen molar-refractivity contribution < 1.29 is 9.53 Å². The molecule has 2 N–H and O–H groups in total. The minimum Gasteiger partial charge on any atom is -0.444 e. The lowest BCUT2D eigenvalue weighted by molar-refractivity contribution is 0.0528. The van der Waals surface area contributed by atoms with Gasteiger partial charge in [0.05, 0.1) is 0 Å². The van der Waals surface area contributed by atoms with Gasteiger partial charge < -0.3 is 20.3 Å². The lowest BCUT2D eigenvalue weighted by Gasteiger charge is -2.24. The van der Waals surface area contributed by atoms with E-state index in [4.69, 9.17) is 4.74 Å². The van der Waals surface area contributed by atoms with Gasteiger partial charge in [-0.3, -0.25) is 0 Å². The number of carbonyl (C=O) groups excluding carboxylic acids is 1. The topological polar surface area (TPSA) is 53.6 Å². The van der Waals surface area contributed by atoms with E-state index >= 15 is 0 Å². The summed E-state index contributed by atoms with van der Waals surface area (Å²) in [4.78, 5) is 14.1. The molecular formula is C16H33N3O2. The van der Waals surface area contributed by atoms with Crippen molar-refractivity contribution in [1.29, 1.82) is 0 Å². The number of ether oxygens (including phenoxy) is 1. The SMILES string of the molecule is CC(C)N1CCCC(NCCNC(=O)OC(C)(C)C)CC1. The van der Waals surface area contributed by atoms with Gasteiger partial charge in [0.2, 0.25) is 0 Å². The molecule has 124 valence electrons. The highest BCUT2D eigenvalue weighted by Crippen LogP contribution is 2.13. The molecule has 0 spiro atoms. The van der Waals surface area contributed by atoms with E-state index in [1.807, 2.05) is 20.8 Å². The van der Waals surface area contributed by atoms with Crippen molar-refractivity contribution in [2.24, 2.45) is 0 Å². The zero-order valence-corrected chi connectivity index (χ0v) is 14.4. The molecule has 1 heterocycles. The summed E-state index contributed by atoms with van der Waals surface area (Å²) in [5.41, 5.74) is -0.431. The summed E-state index contributed by atoms with van der Waals surface area (Å²) in [7, 11) is 0. The zero-order chi connectivity index (χ0) is 15.9. The van der Waals surface area contributed by atoms with Gasteiger partial charge in [-0.25, -0.2) is 4.79 Å². The van der Waals surface area contributed by atoms with Crippen LogP contribution in [-0.4, -0.2) is 54.9 Å². The van der Waals surface area contributed by atoms with Gasteiger partial charge in [-0.15, -0.1) is 0 Å². The predicted molar refractivity (Wildman–Crippen MR) is 86.6 cm³/mol. The van der Waals surface area contributed by atoms with Crippen LogP contribution in [0, 0.1) is 0 Å². The normalized spacial score (nSPS) is 21.1. The Kier molecular flexibility index (Phi) is 7.46. The summed E-state index contributed by atoms with van der Waals surface area (Å²) in [5, 5.41) is 6.33. The van der Waals surface area contributed by atoms with E-state index in [1.165, 1.54) is 25.8 Å². The Labute approximate surface area is 129 Å². The van der Waals surface area contributed by atoms with Crippen LogP contribution in [0.1, 0.15) is 53.9 Å². The zero-order valence-electron chi connectivity index (χ0n) is 14.4. The van der Waals surface area contributed by atoms with E-state index in [1.54, 1.807) is 0 Å². The highest BCUT2D eigenvalue weighted by molar-refractivity contribution is 5.67. The van der Waals surface area contributed by atoms with E-state index in [-0.39, 0.29) is 6.09 Å². The number of hydrogen-bond acceptors (Lipinski definition) is 4. The van der Waals surface area contributed by atoms with Gasteiger partial charge >= 0.3 is 6.09 Å². The van der Waals surface area contributed by atoms with Crippen LogP contribution in [0.25, 0.3) is 0 Å². The number of likely N-dealkylation sites (tertiary alicyclic amines) is 1. The Morgan fingerprint density at radius 1 is 1.24 bits per heavy atom. The Morgan fingerprint density at radius 3 is 2.57 bits per heavy atom. The number of alkyl carbamates (subject to hydrolysis) is 1. The van der Waals surface area contributed by atoms with Crippen molar-refractivity contribution in [3.63, 3.8) is 0 Å². The van der Waals surface area contributed by atoms with Crippen LogP contribution < -0.4 is 10.6 Å². The maximum absolute atomic E-state index is 11.5. The Balaban J connectivity index is 2.14. The summed E-state index contributed by atoms with van der Waals surface area (Å²) in [6.45, 7) is 13.9. The third-order valence-electron chi connectivity index (χ3n) is 3.72. The molecule has 1 amide bonds. The minimum absolute atomic E-state index is 0.337. The summed E-state index contributed by atoms with van der Waals surface area (Å²) < 4.78 is 5.21. The van der Waals surface area contributed by atoms with E-state index in [2.05, 4.69) is 29.4 Å². The number of nitrogens with zero attached hydrogens (tertiary/aromatic N) is 1. The summed E-state index contributed by atoms with van der Waals surface area (Å²) in [6, 6.07) is 1.20. The van der Waals surface area contributed by atoms with E-state index in [0.717, 1.165) is 13.1 Å². The molecule has 1 saturated heterocycles. The van der Waals surface area contributed by atoms with Crippen LogP contribution >= 0.6 is 0 Å². The lowest BCUT2D eigenvalue weighted by Crippen LogP contribution is -2.39. The largest absolute Gasteiger partial charge is 0.444 e. The summed E-state index contributed by atoms with van der Waals surface area (Å²) in [6.07, 6.45) is 3.31. The fraction of sp³-hybridized carbons (Fsp3) is 0.938. The fourth-order valence-electron chi connectivity index (χ4n) is 2.59. The summed E-state index contributed by atoms with van der Waals surface area (Å²) in [5.74, 6) is 0. The third-order valence-corrected chi connectivity index (χ3v) is 3.72. The molecule has 21 heavy (non-hydrogen) atoms. The number of hydrogen-bond donors (Lipinski definition) is 2. The maximum atomic E-state index is 11.5. The molecule has 1 aliphatic heterocycles. The first-order chi connectivity index (χ1) is 9.78. The van der Waals surface area contributed by atoms with Crippen molar-refractivity contribution in [2.75, 3.05) is 26.2 Å². The van der Waals surface area contributed by atoms with Crippen LogP contribution in [0.4, 0.5) is 4.79 Å². The van der Waals surface area contributed by atoms with Gasteiger partial charge in [0.1, 0.15) is 5.60 Å². The molecule has 0 aromatic heterocycles. The quantitative estimate of drug-likeness (QED) is 0.765. The van der Waals surface area contributed by atoms with Gasteiger partial charge in [-0.1, -0.05) is 0 Å². The number of carbonyl (C=O) groups is 1. The van der Waals surface area contributed by atoms with Crippen LogP contribution in [0.3, 0.4) is 0 Å². The first kappa shape index (κ1) is 18.2. The molecule has 5 nitrogen and oxygen atoms in total. The smallest absolute Gasteiger partial charge is 0.407 e. The standard InChI is InChI=1S/C16H33N3O2/c1-13(2)19-11-6-7-14(8-12-19)17-9-10-18-15(20)21-16(3,4)5/h13-14,17H,6-12H2,1-5H3,(H,18,20). The van der Waals surface area contributed by atoms with Gasteiger partial charge in [-0.2, -0.15) is 0 Å². The molecule has 1 atom stereocenters. The maximum Gasteiger partial charge on any atom is 0.407 e. The second-order valence-electron chi connectivity index (χ2n) is 7.14. The van der Waals surface area contributed by atoms with Crippen molar-refractivity contribution in [3.8, 4) is 0 Å².